The first-order valence-electron chi connectivity index (χ1n) is 13.9. The lowest BCUT2D eigenvalue weighted by molar-refractivity contribution is -0.136. The Kier molecular flexibility index (Phi) is 9.95. The number of amides is 2. The second-order valence-corrected chi connectivity index (χ2v) is 10.2. The highest BCUT2D eigenvalue weighted by Gasteiger charge is 2.51. The number of rotatable bonds is 13. The zero-order valence-electron chi connectivity index (χ0n) is 23.0. The number of benzene rings is 2. The summed E-state index contributed by atoms with van der Waals surface area (Å²) in [5.74, 6) is -0.611. The van der Waals surface area contributed by atoms with E-state index in [1.54, 1.807) is 23.1 Å². The van der Waals surface area contributed by atoms with Gasteiger partial charge >= 0.3 is 0 Å². The molecule has 4 atom stereocenters. The Morgan fingerprint density at radius 2 is 1.93 bits per heavy atom. The largest absolute Gasteiger partial charge is 0.493 e. The number of aldehydes is 1. The van der Waals surface area contributed by atoms with Gasteiger partial charge in [0.1, 0.15) is 18.5 Å². The van der Waals surface area contributed by atoms with Crippen LogP contribution in [0.15, 0.2) is 54.1 Å². The van der Waals surface area contributed by atoms with Crippen LogP contribution in [0.3, 0.4) is 0 Å². The summed E-state index contributed by atoms with van der Waals surface area (Å²) >= 11 is 0. The Morgan fingerprint density at radius 1 is 1.15 bits per heavy atom. The van der Waals surface area contributed by atoms with Crippen molar-refractivity contribution in [3.8, 4) is 11.5 Å². The first-order valence-corrected chi connectivity index (χ1v) is 13.9. The van der Waals surface area contributed by atoms with Crippen molar-refractivity contribution >= 4 is 18.1 Å². The highest BCUT2D eigenvalue weighted by molar-refractivity contribution is 5.96. The maximum absolute atomic E-state index is 13.7. The molecule has 9 heteroatoms. The molecule has 0 bridgehead atoms. The zero-order chi connectivity index (χ0) is 28.6. The number of unbranched alkanes of at least 4 members (excludes halogenated alkanes) is 3. The molecule has 0 aromatic heterocycles. The highest BCUT2D eigenvalue weighted by atomic mass is 16.5. The number of nitrogens with one attached hydrogen (secondary N) is 1. The molecule has 2 aromatic rings. The molecule has 2 aromatic carbocycles. The summed E-state index contributed by atoms with van der Waals surface area (Å²) in [4.78, 5) is 40.5. The third kappa shape index (κ3) is 6.21. The number of carbonyl (C=O) groups excluding carboxylic acids is 3. The molecule has 2 aliphatic rings. The Balaban J connectivity index is 1.75. The average Bonchev–Trinajstić information content (AvgIpc) is 3.36. The van der Waals surface area contributed by atoms with Crippen LogP contribution < -0.4 is 14.8 Å². The Hall–Kier alpha value is -3.69. The van der Waals surface area contributed by atoms with Crippen LogP contribution in [0.1, 0.15) is 60.0 Å². The minimum Gasteiger partial charge on any atom is -0.493 e. The highest BCUT2D eigenvalue weighted by Crippen LogP contribution is 2.51. The molecule has 4 rings (SSSR count). The fraction of sp³-hybridized carbons (Fsp3) is 0.452. The van der Waals surface area contributed by atoms with Crippen molar-refractivity contribution in [2.75, 3.05) is 26.8 Å². The fourth-order valence-corrected chi connectivity index (χ4v) is 5.58. The molecule has 40 heavy (non-hydrogen) atoms. The van der Waals surface area contributed by atoms with Crippen molar-refractivity contribution in [2.45, 2.75) is 63.2 Å². The van der Waals surface area contributed by atoms with E-state index < -0.39 is 30.1 Å². The molecule has 9 nitrogen and oxygen atoms in total. The molecule has 0 fully saturated rings. The summed E-state index contributed by atoms with van der Waals surface area (Å²) in [6.45, 7) is 2.33. The summed E-state index contributed by atoms with van der Waals surface area (Å²) in [5, 5.41) is 23.8. The van der Waals surface area contributed by atoms with Crippen LogP contribution in [0, 0.1) is 0 Å². The number of hydrogen-bond acceptors (Lipinski definition) is 7. The van der Waals surface area contributed by atoms with Crippen LogP contribution in [0.25, 0.3) is 0 Å². The van der Waals surface area contributed by atoms with E-state index in [9.17, 15) is 24.6 Å². The number of methoxy groups -OCH3 is 1. The van der Waals surface area contributed by atoms with Crippen molar-refractivity contribution in [3.05, 3.63) is 70.8 Å². The molecular formula is C31H38N2O7. The number of ether oxygens (including phenoxy) is 2. The molecule has 0 saturated carbocycles. The van der Waals surface area contributed by atoms with E-state index in [4.69, 9.17) is 9.47 Å². The van der Waals surface area contributed by atoms with Gasteiger partial charge in [-0.1, -0.05) is 56.5 Å². The van der Waals surface area contributed by atoms with Crippen molar-refractivity contribution in [1.29, 1.82) is 0 Å². The normalized spacial score (nSPS) is 20.9. The van der Waals surface area contributed by atoms with Crippen LogP contribution in [0.4, 0.5) is 0 Å². The maximum atomic E-state index is 13.7. The third-order valence-corrected chi connectivity index (χ3v) is 7.54. The molecule has 0 saturated heterocycles. The monoisotopic (exact) mass is 550 g/mol. The lowest BCUT2D eigenvalue weighted by Crippen LogP contribution is -2.56. The van der Waals surface area contributed by atoms with Gasteiger partial charge in [-0.25, -0.2) is 0 Å². The van der Waals surface area contributed by atoms with Gasteiger partial charge in [-0.05, 0) is 30.2 Å². The second kappa shape index (κ2) is 13.6. The molecule has 214 valence electrons. The number of hydrogen-bond donors (Lipinski definition) is 3. The van der Waals surface area contributed by atoms with E-state index in [1.807, 2.05) is 30.3 Å². The topological polar surface area (TPSA) is 125 Å². The van der Waals surface area contributed by atoms with Gasteiger partial charge in [0.2, 0.25) is 11.8 Å². The molecule has 3 N–H and O–H groups in total. The van der Waals surface area contributed by atoms with Gasteiger partial charge in [-0.2, -0.15) is 0 Å². The van der Waals surface area contributed by atoms with E-state index >= 15 is 0 Å². The fourth-order valence-electron chi connectivity index (χ4n) is 5.58. The first kappa shape index (κ1) is 29.3. The summed E-state index contributed by atoms with van der Waals surface area (Å²) in [6.07, 6.45) is 4.21. The van der Waals surface area contributed by atoms with Crippen LogP contribution in [0.2, 0.25) is 0 Å². The SMILES string of the molecule is CCCCCCN(C(=O)Cc1ccccc1)C1C=C(C(=O)NCCO)C2c3cc(C=O)cc(OC)c3OC2C1O. The van der Waals surface area contributed by atoms with Crippen molar-refractivity contribution in [1.82, 2.24) is 10.2 Å². The predicted molar refractivity (Wildman–Crippen MR) is 150 cm³/mol. The number of nitrogens with zero attached hydrogens (tertiary/aromatic N) is 1. The van der Waals surface area contributed by atoms with Crippen molar-refractivity contribution in [3.63, 3.8) is 0 Å². The smallest absolute Gasteiger partial charge is 0.247 e. The molecule has 4 unspecified atom stereocenters. The quantitative estimate of drug-likeness (QED) is 0.259. The zero-order valence-corrected chi connectivity index (χ0v) is 23.0. The molecule has 1 aliphatic heterocycles. The molecule has 0 spiro atoms. The van der Waals surface area contributed by atoms with Crippen LogP contribution in [-0.4, -0.2) is 78.3 Å². The van der Waals surface area contributed by atoms with Crippen molar-refractivity contribution < 1.29 is 34.1 Å². The third-order valence-electron chi connectivity index (χ3n) is 7.54. The number of fused-ring (bicyclic) bond motifs is 3. The van der Waals surface area contributed by atoms with Crippen LogP contribution >= 0.6 is 0 Å². The van der Waals surface area contributed by atoms with Gasteiger partial charge in [0, 0.05) is 29.8 Å². The van der Waals surface area contributed by atoms with E-state index in [1.165, 1.54) is 7.11 Å². The van der Waals surface area contributed by atoms with Crippen LogP contribution in [0.5, 0.6) is 11.5 Å². The van der Waals surface area contributed by atoms with E-state index in [2.05, 4.69) is 12.2 Å². The van der Waals surface area contributed by atoms with Gasteiger partial charge < -0.3 is 29.9 Å². The lowest BCUT2D eigenvalue weighted by Gasteiger charge is -2.41. The number of aliphatic hydroxyl groups excluding tert-OH is 2. The van der Waals surface area contributed by atoms with E-state index in [0.717, 1.165) is 31.2 Å². The summed E-state index contributed by atoms with van der Waals surface area (Å²) in [6, 6.07) is 11.8. The van der Waals surface area contributed by atoms with Gasteiger partial charge in [-0.15, -0.1) is 0 Å². The summed E-state index contributed by atoms with van der Waals surface area (Å²) in [5.41, 5.74) is 2.07. The van der Waals surface area contributed by atoms with E-state index in [-0.39, 0.29) is 25.5 Å². The summed E-state index contributed by atoms with van der Waals surface area (Å²) < 4.78 is 11.7. The Labute approximate surface area is 234 Å². The molecular weight excluding hydrogens is 512 g/mol. The van der Waals surface area contributed by atoms with Crippen LogP contribution in [-0.2, 0) is 16.0 Å². The van der Waals surface area contributed by atoms with Gasteiger partial charge in [0.25, 0.3) is 0 Å². The number of carbonyl (C=O) groups is 3. The molecule has 2 amide bonds. The molecule has 1 heterocycles. The first-order chi connectivity index (χ1) is 19.4. The Morgan fingerprint density at radius 3 is 2.60 bits per heavy atom. The molecule has 1 aliphatic carbocycles. The second-order valence-electron chi connectivity index (χ2n) is 10.2. The lowest BCUT2D eigenvalue weighted by atomic mass is 9.77. The minimum atomic E-state index is -1.15. The standard InChI is InChI=1S/C31H38N2O7/c1-3-4-5-9-13-33(26(36)17-20-10-7-6-8-11-20)24-18-23(31(38)32-12-14-34)27-22-15-21(19-35)16-25(39-2)29(22)40-30(27)28(24)37/h6-8,10-11,15-16,18-19,24,27-28,30,34,37H,3-5,9,12-14,17H2,1-2H3,(H,32,38). The maximum Gasteiger partial charge on any atom is 0.247 e. The average molecular weight is 551 g/mol. The molecule has 0 radical (unpaired) electrons. The Bertz CT molecular complexity index is 1230. The van der Waals surface area contributed by atoms with E-state index in [0.29, 0.717) is 41.0 Å². The minimum absolute atomic E-state index is 0.0415. The van der Waals surface area contributed by atoms with Crippen molar-refractivity contribution in [2.24, 2.45) is 0 Å². The number of aliphatic hydroxyl groups is 2. The predicted octanol–water partition coefficient (Wildman–Crippen LogP) is 2.78. The van der Waals surface area contributed by atoms with Gasteiger partial charge in [0.15, 0.2) is 11.5 Å². The van der Waals surface area contributed by atoms with Gasteiger partial charge in [-0.3, -0.25) is 14.4 Å². The summed E-state index contributed by atoms with van der Waals surface area (Å²) in [7, 11) is 1.46. The van der Waals surface area contributed by atoms with Gasteiger partial charge in [0.05, 0.1) is 32.1 Å².